The van der Waals surface area contributed by atoms with Gasteiger partial charge >= 0.3 is 6.03 Å². The van der Waals surface area contributed by atoms with Crippen molar-refractivity contribution in [1.29, 1.82) is 0 Å². The van der Waals surface area contributed by atoms with E-state index in [9.17, 15) is 9.59 Å². The Hall–Kier alpha value is -2.90. The number of rotatable bonds is 5. The van der Waals surface area contributed by atoms with Gasteiger partial charge in [-0.3, -0.25) is 10.1 Å². The maximum Gasteiger partial charge on any atom is 0.325 e. The molecular weight excluding hydrogens is 396 g/mol. The Morgan fingerprint density at radius 2 is 1.71 bits per heavy atom. The predicted octanol–water partition coefficient (Wildman–Crippen LogP) is 5.24. The molecular formula is C20H19ClN4O2S. The van der Waals surface area contributed by atoms with Crippen molar-refractivity contribution in [2.45, 2.75) is 20.3 Å². The number of nitrogens with one attached hydrogen (secondary N) is 3. The quantitative estimate of drug-likeness (QED) is 0.534. The van der Waals surface area contributed by atoms with Crippen molar-refractivity contribution in [1.82, 2.24) is 4.98 Å². The van der Waals surface area contributed by atoms with Gasteiger partial charge in [-0.1, -0.05) is 35.4 Å². The summed E-state index contributed by atoms with van der Waals surface area (Å²) in [6, 6.07) is 12.4. The minimum Gasteiger partial charge on any atom is -0.326 e. The van der Waals surface area contributed by atoms with Crippen molar-refractivity contribution < 1.29 is 9.59 Å². The molecule has 0 bridgehead atoms. The van der Waals surface area contributed by atoms with Gasteiger partial charge in [0.15, 0.2) is 5.13 Å². The normalized spacial score (nSPS) is 10.4. The summed E-state index contributed by atoms with van der Waals surface area (Å²) in [6.07, 6.45) is 0.100. The van der Waals surface area contributed by atoms with Gasteiger partial charge in [0, 0.05) is 21.8 Å². The van der Waals surface area contributed by atoms with Crippen molar-refractivity contribution >= 4 is 51.4 Å². The van der Waals surface area contributed by atoms with Crippen LogP contribution in [0.4, 0.5) is 21.3 Å². The molecule has 1 heterocycles. The minimum absolute atomic E-state index is 0.100. The average Bonchev–Trinajstić information content (AvgIpc) is 3.06. The highest BCUT2D eigenvalue weighted by molar-refractivity contribution is 7.14. The van der Waals surface area contributed by atoms with E-state index >= 15 is 0 Å². The van der Waals surface area contributed by atoms with Crippen LogP contribution in [0.5, 0.6) is 0 Å². The number of nitrogens with zero attached hydrogens (tertiary/aromatic N) is 1. The highest BCUT2D eigenvalue weighted by atomic mass is 35.5. The number of hydrogen-bond donors (Lipinski definition) is 3. The number of aryl methyl sites for hydroxylation is 2. The smallest absolute Gasteiger partial charge is 0.325 e. The van der Waals surface area contributed by atoms with Crippen LogP contribution in [-0.4, -0.2) is 16.9 Å². The highest BCUT2D eigenvalue weighted by Gasteiger charge is 2.11. The van der Waals surface area contributed by atoms with Gasteiger partial charge in [-0.15, -0.1) is 11.3 Å². The molecule has 144 valence electrons. The molecule has 0 atom stereocenters. The molecule has 0 aliphatic carbocycles. The van der Waals surface area contributed by atoms with Crippen LogP contribution in [0.2, 0.25) is 5.02 Å². The van der Waals surface area contributed by atoms with E-state index in [4.69, 9.17) is 11.6 Å². The van der Waals surface area contributed by atoms with Gasteiger partial charge in [0.1, 0.15) is 0 Å². The fourth-order valence-corrected chi connectivity index (χ4v) is 3.27. The molecule has 3 rings (SSSR count). The summed E-state index contributed by atoms with van der Waals surface area (Å²) in [7, 11) is 0. The number of amides is 3. The SMILES string of the molecule is Cc1ccc(NC(=O)Nc2nc(CC(=O)Nc3ccc(C)c(Cl)c3)cs2)cc1. The third-order valence-electron chi connectivity index (χ3n) is 3.88. The van der Waals surface area contributed by atoms with E-state index in [0.717, 1.165) is 11.1 Å². The molecule has 6 nitrogen and oxygen atoms in total. The van der Waals surface area contributed by atoms with E-state index in [-0.39, 0.29) is 18.4 Å². The lowest BCUT2D eigenvalue weighted by Gasteiger charge is -2.06. The summed E-state index contributed by atoms with van der Waals surface area (Å²) < 4.78 is 0. The molecule has 8 heteroatoms. The van der Waals surface area contributed by atoms with Crippen LogP contribution < -0.4 is 16.0 Å². The molecule has 0 fully saturated rings. The van der Waals surface area contributed by atoms with Crippen molar-refractivity contribution in [3.8, 4) is 0 Å². The Bertz CT molecular complexity index is 1000. The van der Waals surface area contributed by atoms with Crippen LogP contribution >= 0.6 is 22.9 Å². The maximum absolute atomic E-state index is 12.2. The zero-order valence-electron chi connectivity index (χ0n) is 15.4. The summed E-state index contributed by atoms with van der Waals surface area (Å²) in [4.78, 5) is 28.5. The number of carbonyl (C=O) groups is 2. The molecule has 28 heavy (non-hydrogen) atoms. The van der Waals surface area contributed by atoms with Crippen LogP contribution in [0.3, 0.4) is 0 Å². The van der Waals surface area contributed by atoms with E-state index < -0.39 is 0 Å². The number of urea groups is 1. The third kappa shape index (κ3) is 5.55. The van der Waals surface area contributed by atoms with Crippen LogP contribution in [0.15, 0.2) is 47.8 Å². The van der Waals surface area contributed by atoms with Crippen molar-refractivity contribution in [2.75, 3.05) is 16.0 Å². The summed E-state index contributed by atoms with van der Waals surface area (Å²) in [6.45, 7) is 3.87. The van der Waals surface area contributed by atoms with E-state index in [1.807, 2.05) is 44.2 Å². The fourth-order valence-electron chi connectivity index (χ4n) is 2.38. The minimum atomic E-state index is -0.386. The lowest BCUT2D eigenvalue weighted by molar-refractivity contribution is -0.115. The number of thiazole rings is 1. The average molecular weight is 415 g/mol. The van der Waals surface area contributed by atoms with Gasteiger partial charge < -0.3 is 10.6 Å². The predicted molar refractivity (Wildman–Crippen MR) is 114 cm³/mol. The van der Waals surface area contributed by atoms with Crippen LogP contribution in [0.1, 0.15) is 16.8 Å². The molecule has 0 unspecified atom stereocenters. The molecule has 3 aromatic rings. The Kier molecular flexibility index (Phi) is 6.28. The van der Waals surface area contributed by atoms with Crippen molar-refractivity contribution in [3.63, 3.8) is 0 Å². The largest absolute Gasteiger partial charge is 0.326 e. The molecule has 0 saturated heterocycles. The molecule has 0 spiro atoms. The molecule has 0 aliphatic heterocycles. The molecule has 3 N–H and O–H groups in total. The van der Waals surface area contributed by atoms with E-state index in [0.29, 0.717) is 27.2 Å². The van der Waals surface area contributed by atoms with Crippen molar-refractivity contribution in [2.24, 2.45) is 0 Å². The summed E-state index contributed by atoms with van der Waals surface area (Å²) in [5, 5.41) is 10.9. The van der Waals surface area contributed by atoms with Gasteiger partial charge in [0.25, 0.3) is 0 Å². The molecule has 0 radical (unpaired) electrons. The number of benzene rings is 2. The standard InChI is InChI=1S/C20H19ClN4O2S/c1-12-3-6-14(7-4-12)23-19(27)25-20-24-16(11-28-20)10-18(26)22-15-8-5-13(2)17(21)9-15/h3-9,11H,10H2,1-2H3,(H,22,26)(H2,23,24,25,27). The fraction of sp³-hybridized carbons (Fsp3) is 0.150. The number of anilines is 3. The topological polar surface area (TPSA) is 83.1 Å². The van der Waals surface area contributed by atoms with E-state index in [1.165, 1.54) is 11.3 Å². The first-order chi connectivity index (χ1) is 13.4. The summed E-state index contributed by atoms with van der Waals surface area (Å²) in [5.74, 6) is -0.208. The Labute approximate surface area is 172 Å². The number of halogens is 1. The van der Waals surface area contributed by atoms with Crippen LogP contribution in [-0.2, 0) is 11.2 Å². The lowest BCUT2D eigenvalue weighted by atomic mass is 10.2. The van der Waals surface area contributed by atoms with Gasteiger partial charge in [-0.2, -0.15) is 0 Å². The zero-order chi connectivity index (χ0) is 20.1. The molecule has 0 aliphatic rings. The number of hydrogen-bond acceptors (Lipinski definition) is 4. The molecule has 3 amide bonds. The number of carbonyl (C=O) groups excluding carboxylic acids is 2. The second-order valence-corrected chi connectivity index (χ2v) is 7.54. The first kappa shape index (κ1) is 19.9. The second-order valence-electron chi connectivity index (χ2n) is 6.28. The lowest BCUT2D eigenvalue weighted by Crippen LogP contribution is -2.19. The van der Waals surface area contributed by atoms with E-state index in [1.54, 1.807) is 17.5 Å². The molecule has 1 aromatic heterocycles. The zero-order valence-corrected chi connectivity index (χ0v) is 16.9. The first-order valence-corrected chi connectivity index (χ1v) is 9.80. The van der Waals surface area contributed by atoms with E-state index in [2.05, 4.69) is 20.9 Å². The van der Waals surface area contributed by atoms with Gasteiger partial charge in [0.2, 0.25) is 5.91 Å². The van der Waals surface area contributed by atoms with Gasteiger partial charge in [-0.05, 0) is 43.7 Å². The Morgan fingerprint density at radius 3 is 2.43 bits per heavy atom. The number of aromatic nitrogens is 1. The molecule has 0 saturated carbocycles. The monoisotopic (exact) mass is 414 g/mol. The maximum atomic E-state index is 12.2. The Balaban J connectivity index is 1.53. The Morgan fingerprint density at radius 1 is 1.00 bits per heavy atom. The molecule has 2 aromatic carbocycles. The second kappa shape index (κ2) is 8.86. The van der Waals surface area contributed by atoms with Crippen molar-refractivity contribution in [3.05, 3.63) is 69.7 Å². The van der Waals surface area contributed by atoms with Crippen LogP contribution in [0.25, 0.3) is 0 Å². The van der Waals surface area contributed by atoms with Crippen LogP contribution in [0, 0.1) is 13.8 Å². The first-order valence-electron chi connectivity index (χ1n) is 8.54. The van der Waals surface area contributed by atoms with Gasteiger partial charge in [-0.25, -0.2) is 9.78 Å². The third-order valence-corrected chi connectivity index (χ3v) is 5.09. The summed E-state index contributed by atoms with van der Waals surface area (Å²) >= 11 is 7.33. The highest BCUT2D eigenvalue weighted by Crippen LogP contribution is 2.21. The summed E-state index contributed by atoms with van der Waals surface area (Å²) in [5.41, 5.74) is 3.95. The van der Waals surface area contributed by atoms with Gasteiger partial charge in [0.05, 0.1) is 12.1 Å².